The molecule has 14 heteroatoms. The Morgan fingerprint density at radius 3 is 2.63 bits per heavy atom. The molecule has 1 unspecified atom stereocenters. The summed E-state index contributed by atoms with van der Waals surface area (Å²) in [6.45, 7) is 0.967. The van der Waals surface area contributed by atoms with E-state index in [9.17, 15) is 4.79 Å². The molecule has 1 atom stereocenters. The van der Waals surface area contributed by atoms with E-state index in [1.807, 2.05) is 77.1 Å². The van der Waals surface area contributed by atoms with Crippen LogP contribution >= 0.6 is 0 Å². The third-order valence-electron chi connectivity index (χ3n) is 9.33. The molecule has 0 bridgehead atoms. The lowest BCUT2D eigenvalue weighted by atomic mass is 10.0. The van der Waals surface area contributed by atoms with Gasteiger partial charge in [-0.1, -0.05) is 6.07 Å². The lowest BCUT2D eigenvalue weighted by molar-refractivity contribution is -0.0435. The molecule has 1 saturated heterocycles. The largest absolute Gasteiger partial charge is 0.383 e. The molecule has 1 fully saturated rings. The van der Waals surface area contributed by atoms with Crippen LogP contribution in [0.5, 0.6) is 0 Å². The van der Waals surface area contributed by atoms with Crippen LogP contribution in [-0.4, -0.2) is 58.0 Å². The molecule has 254 valence electrons. The van der Waals surface area contributed by atoms with Crippen LogP contribution in [0.1, 0.15) is 45.8 Å². The van der Waals surface area contributed by atoms with E-state index in [2.05, 4.69) is 37.8 Å². The van der Waals surface area contributed by atoms with Crippen molar-refractivity contribution < 1.29 is 14.3 Å². The lowest BCUT2D eigenvalue weighted by Crippen LogP contribution is -2.27. The maximum atomic E-state index is 13.7. The third-order valence-corrected chi connectivity index (χ3v) is 9.33. The van der Waals surface area contributed by atoms with Crippen molar-refractivity contribution in [2.45, 2.75) is 25.2 Å². The van der Waals surface area contributed by atoms with Crippen molar-refractivity contribution in [1.29, 1.82) is 0 Å². The number of nitrogens with one attached hydrogen (secondary N) is 2. The minimum atomic E-state index is -0.581. The fourth-order valence-corrected chi connectivity index (χ4v) is 6.80. The maximum Gasteiger partial charge on any atom is 0.251 e. The van der Waals surface area contributed by atoms with Crippen molar-refractivity contribution in [2.24, 2.45) is 7.05 Å². The summed E-state index contributed by atoms with van der Waals surface area (Å²) in [6.07, 6.45) is 9.78. The predicted molar refractivity (Wildman–Crippen MR) is 190 cm³/mol. The number of imidazole rings is 2. The van der Waals surface area contributed by atoms with Crippen molar-refractivity contribution in [3.8, 4) is 22.9 Å². The number of carbonyl (C=O) groups is 1. The molecule has 9 rings (SSSR count). The molecule has 1 aliphatic heterocycles. The number of hydrogen-bond acceptors (Lipinski definition) is 10. The summed E-state index contributed by atoms with van der Waals surface area (Å²) >= 11 is 0. The average Bonchev–Trinajstić information content (AvgIpc) is 4.00. The summed E-state index contributed by atoms with van der Waals surface area (Å²) in [5.74, 6) is 2.17. The Hall–Kier alpha value is -6.38. The fourth-order valence-electron chi connectivity index (χ4n) is 6.80. The van der Waals surface area contributed by atoms with Crippen molar-refractivity contribution in [3.63, 3.8) is 0 Å². The molecule has 6 heterocycles. The van der Waals surface area contributed by atoms with Gasteiger partial charge in [0.05, 0.1) is 24.8 Å². The Morgan fingerprint density at radius 2 is 1.82 bits per heavy atom. The van der Waals surface area contributed by atoms with Crippen LogP contribution in [0.2, 0.25) is 0 Å². The Labute approximate surface area is 291 Å². The molecule has 5 aromatic heterocycles. The van der Waals surface area contributed by atoms with E-state index < -0.39 is 6.29 Å². The molecular formula is C37H33N11O3. The van der Waals surface area contributed by atoms with Gasteiger partial charge in [0.25, 0.3) is 5.91 Å². The van der Waals surface area contributed by atoms with Gasteiger partial charge in [0.2, 0.25) is 5.95 Å². The molecule has 51 heavy (non-hydrogen) atoms. The van der Waals surface area contributed by atoms with Crippen LogP contribution in [0.3, 0.4) is 0 Å². The highest BCUT2D eigenvalue weighted by Gasteiger charge is 2.28. The second-order valence-electron chi connectivity index (χ2n) is 12.5. The minimum Gasteiger partial charge on any atom is -0.383 e. The zero-order valence-electron chi connectivity index (χ0n) is 27.6. The topological polar surface area (TPSA) is 165 Å². The summed E-state index contributed by atoms with van der Waals surface area (Å²) in [5, 5.41) is 11.0. The molecule has 0 radical (unpaired) electrons. The number of rotatable bonds is 8. The normalized spacial score (nSPS) is 15.7. The van der Waals surface area contributed by atoms with Gasteiger partial charge in [0.1, 0.15) is 11.3 Å². The molecule has 0 spiro atoms. The van der Waals surface area contributed by atoms with Gasteiger partial charge < -0.3 is 30.4 Å². The van der Waals surface area contributed by atoms with Crippen LogP contribution in [-0.2, 0) is 22.9 Å². The number of hydrogen-bond donors (Lipinski definition) is 3. The highest BCUT2D eigenvalue weighted by Crippen LogP contribution is 2.37. The number of carbonyl (C=O) groups excluding carboxylic acids is 1. The molecule has 1 aliphatic carbocycles. The number of amides is 1. The fraction of sp³-hybridized carbons (Fsp3) is 0.189. The Morgan fingerprint density at radius 1 is 0.922 bits per heavy atom. The summed E-state index contributed by atoms with van der Waals surface area (Å²) in [4.78, 5) is 32.4. The van der Waals surface area contributed by atoms with E-state index >= 15 is 0 Å². The second kappa shape index (κ2) is 12.5. The van der Waals surface area contributed by atoms with Crippen molar-refractivity contribution in [2.75, 3.05) is 24.3 Å². The third kappa shape index (κ3) is 5.56. The van der Waals surface area contributed by atoms with Crippen LogP contribution in [0.25, 0.3) is 34.1 Å². The Balaban J connectivity index is 1.03. The molecule has 14 nitrogen and oxygen atoms in total. The van der Waals surface area contributed by atoms with Gasteiger partial charge in [-0.25, -0.2) is 24.6 Å². The van der Waals surface area contributed by atoms with Gasteiger partial charge in [0, 0.05) is 60.5 Å². The number of nitrogens with zero attached hydrogens (tertiary/aromatic N) is 8. The average molecular weight is 680 g/mol. The Bertz CT molecular complexity index is 2410. The number of fused-ring (bicyclic) bond motifs is 2. The molecular weight excluding hydrogens is 646 g/mol. The number of pyridine rings is 2. The molecule has 4 N–H and O–H groups in total. The number of benzene rings is 2. The first-order valence-electron chi connectivity index (χ1n) is 16.7. The van der Waals surface area contributed by atoms with Crippen molar-refractivity contribution in [3.05, 3.63) is 120 Å². The predicted octanol–water partition coefficient (Wildman–Crippen LogP) is 5.19. The molecule has 0 saturated carbocycles. The minimum absolute atomic E-state index is 0.160. The second-order valence-corrected chi connectivity index (χ2v) is 12.5. The van der Waals surface area contributed by atoms with Gasteiger partial charge in [-0.05, 0) is 84.6 Å². The van der Waals surface area contributed by atoms with Gasteiger partial charge in [-0.2, -0.15) is 5.10 Å². The summed E-state index contributed by atoms with van der Waals surface area (Å²) < 4.78 is 17.3. The molecule has 2 aromatic carbocycles. The van der Waals surface area contributed by atoms with Gasteiger partial charge >= 0.3 is 0 Å². The number of aromatic nitrogens is 8. The molecule has 2 aliphatic rings. The van der Waals surface area contributed by atoms with Crippen molar-refractivity contribution >= 4 is 34.5 Å². The highest BCUT2D eigenvalue weighted by molar-refractivity contribution is 5.95. The van der Waals surface area contributed by atoms with E-state index in [0.717, 1.165) is 40.9 Å². The first kappa shape index (κ1) is 30.7. The number of nitrogens with two attached hydrogens (primary N) is 1. The highest BCUT2D eigenvalue weighted by atomic mass is 16.7. The first-order valence-corrected chi connectivity index (χ1v) is 16.7. The van der Waals surface area contributed by atoms with E-state index in [4.69, 9.17) is 25.2 Å². The van der Waals surface area contributed by atoms with Gasteiger partial charge in [-0.15, -0.1) is 0 Å². The molecule has 7 aromatic rings. The van der Waals surface area contributed by atoms with Crippen LogP contribution in [0.4, 0.5) is 17.5 Å². The standard InChI is InChI=1S/C37H33N11O3/c1-46-17-15-40-37(46)44-29-10-6-23(21-27(29)36-50-18-19-51-36)35(49)43-28-9-5-22-20-24(7-8-25(22)28)48-33(26-4-2-13-39-32(26)38)42-30-11-12-31(45-34(30)48)47-16-3-14-41-47/h2-4,6-8,10-17,20-21,28,36H,5,9,18-19H2,1H3,(H2,38,39)(H,40,44)(H,43,49). The van der Waals surface area contributed by atoms with Gasteiger partial charge in [0.15, 0.2) is 23.6 Å². The number of anilines is 3. The SMILES string of the molecule is Cn1ccnc1Nc1ccc(C(=O)NC2CCc3cc(-n4c(-c5cccnc5N)nc5ccc(-n6cccn6)nc54)ccc32)cc1C1OCCO1. The first-order chi connectivity index (χ1) is 25.0. The van der Waals surface area contributed by atoms with Crippen LogP contribution < -0.4 is 16.4 Å². The summed E-state index contributed by atoms with van der Waals surface area (Å²) in [5.41, 5.74) is 13.5. The van der Waals surface area contributed by atoms with E-state index in [1.54, 1.807) is 29.3 Å². The van der Waals surface area contributed by atoms with Crippen molar-refractivity contribution in [1.82, 2.24) is 44.2 Å². The van der Waals surface area contributed by atoms with Gasteiger partial charge in [-0.3, -0.25) is 9.36 Å². The Kier molecular flexibility index (Phi) is 7.51. The maximum absolute atomic E-state index is 13.7. The number of ether oxygens (including phenoxy) is 2. The van der Waals surface area contributed by atoms with Crippen LogP contribution in [0.15, 0.2) is 97.7 Å². The molecule has 1 amide bonds. The smallest absolute Gasteiger partial charge is 0.251 e. The number of aryl methyl sites for hydroxylation is 2. The zero-order valence-corrected chi connectivity index (χ0v) is 27.6. The quantitative estimate of drug-likeness (QED) is 0.195. The zero-order chi connectivity index (χ0) is 34.5. The summed E-state index contributed by atoms with van der Waals surface area (Å²) in [6, 6.07) is 21.0. The lowest BCUT2D eigenvalue weighted by Gasteiger charge is -2.19. The van der Waals surface area contributed by atoms with E-state index in [0.29, 0.717) is 58.9 Å². The van der Waals surface area contributed by atoms with Crippen LogP contribution in [0, 0.1) is 0 Å². The number of nitrogen functional groups attached to an aromatic ring is 1. The van der Waals surface area contributed by atoms with E-state index in [-0.39, 0.29) is 11.9 Å². The van der Waals surface area contributed by atoms with E-state index in [1.165, 1.54) is 0 Å². The monoisotopic (exact) mass is 679 g/mol. The summed E-state index contributed by atoms with van der Waals surface area (Å²) in [7, 11) is 1.91.